The summed E-state index contributed by atoms with van der Waals surface area (Å²) >= 11 is 1.36. The molecule has 3 rings (SSSR count). The van der Waals surface area contributed by atoms with E-state index in [1.165, 1.54) is 11.8 Å². The Bertz CT molecular complexity index is 840. The maximum atomic E-state index is 12.6. The fourth-order valence-electron chi connectivity index (χ4n) is 2.43. The Morgan fingerprint density at radius 2 is 2.04 bits per heavy atom. The summed E-state index contributed by atoms with van der Waals surface area (Å²) in [7, 11) is 0. The van der Waals surface area contributed by atoms with Gasteiger partial charge in [-0.1, -0.05) is 43.0 Å². The lowest BCUT2D eigenvalue weighted by molar-refractivity contribution is -0.115. The smallest absolute Gasteiger partial charge is 0.257 e. The first kappa shape index (κ1) is 16.6. The zero-order chi connectivity index (χ0) is 17.1. The van der Waals surface area contributed by atoms with Crippen LogP contribution in [0.25, 0.3) is 11.1 Å². The molecule has 1 heterocycles. The second-order valence-electron chi connectivity index (χ2n) is 5.77. The molecule has 1 atom stereocenters. The van der Waals surface area contributed by atoms with Gasteiger partial charge >= 0.3 is 0 Å². The van der Waals surface area contributed by atoms with Crippen LogP contribution in [0.1, 0.15) is 24.5 Å². The Balaban J connectivity index is 1.75. The van der Waals surface area contributed by atoms with Crippen molar-refractivity contribution in [3.63, 3.8) is 0 Å². The summed E-state index contributed by atoms with van der Waals surface area (Å²) in [6.45, 7) is 5.99. The van der Waals surface area contributed by atoms with Crippen molar-refractivity contribution in [2.45, 2.75) is 37.7 Å². The van der Waals surface area contributed by atoms with Crippen molar-refractivity contribution in [1.82, 2.24) is 4.98 Å². The van der Waals surface area contributed by atoms with Gasteiger partial charge < -0.3 is 9.73 Å². The van der Waals surface area contributed by atoms with E-state index in [9.17, 15) is 4.79 Å². The number of para-hydroxylation sites is 2. The van der Waals surface area contributed by atoms with Crippen molar-refractivity contribution >= 4 is 34.5 Å². The first-order chi connectivity index (χ1) is 11.6. The molecule has 0 saturated heterocycles. The van der Waals surface area contributed by atoms with Crippen LogP contribution in [0.2, 0.25) is 0 Å². The molecule has 4 nitrogen and oxygen atoms in total. The van der Waals surface area contributed by atoms with Crippen LogP contribution in [-0.2, 0) is 4.79 Å². The van der Waals surface area contributed by atoms with Gasteiger partial charge in [-0.25, -0.2) is 4.98 Å². The molecule has 3 aromatic rings. The molecular formula is C19H20N2O2S. The van der Waals surface area contributed by atoms with E-state index in [-0.39, 0.29) is 11.2 Å². The molecule has 1 N–H and O–H groups in total. The van der Waals surface area contributed by atoms with Crippen molar-refractivity contribution in [3.05, 3.63) is 53.6 Å². The minimum absolute atomic E-state index is 0.0292. The zero-order valence-electron chi connectivity index (χ0n) is 14.0. The lowest BCUT2D eigenvalue weighted by Gasteiger charge is -2.14. The molecular weight excluding hydrogens is 320 g/mol. The summed E-state index contributed by atoms with van der Waals surface area (Å²) in [5.74, 6) is -0.0292. The van der Waals surface area contributed by atoms with E-state index in [4.69, 9.17) is 4.42 Å². The molecule has 0 bridgehead atoms. The molecule has 0 aliphatic carbocycles. The number of hydrogen-bond acceptors (Lipinski definition) is 4. The molecule has 24 heavy (non-hydrogen) atoms. The Hall–Kier alpha value is -2.27. The Kier molecular flexibility index (Phi) is 4.90. The van der Waals surface area contributed by atoms with Gasteiger partial charge in [0.2, 0.25) is 5.91 Å². The quantitative estimate of drug-likeness (QED) is 0.667. The van der Waals surface area contributed by atoms with Crippen LogP contribution in [0, 0.1) is 13.8 Å². The number of carbonyl (C=O) groups excluding carboxylic acids is 1. The molecule has 0 aliphatic rings. The fourth-order valence-corrected chi connectivity index (χ4v) is 3.29. The second kappa shape index (κ2) is 7.09. The fraction of sp³-hybridized carbons (Fsp3) is 0.263. The van der Waals surface area contributed by atoms with E-state index >= 15 is 0 Å². The van der Waals surface area contributed by atoms with Gasteiger partial charge in [-0.2, -0.15) is 0 Å². The highest BCUT2D eigenvalue weighted by Gasteiger charge is 2.21. The van der Waals surface area contributed by atoms with Gasteiger partial charge in [-0.05, 0) is 49.6 Å². The summed E-state index contributed by atoms with van der Waals surface area (Å²) in [4.78, 5) is 17.1. The number of nitrogens with zero attached hydrogens (tertiary/aromatic N) is 1. The third-order valence-electron chi connectivity index (χ3n) is 3.83. The lowest BCUT2D eigenvalue weighted by atomic mass is 10.1. The van der Waals surface area contributed by atoms with Crippen molar-refractivity contribution < 1.29 is 9.21 Å². The minimum Gasteiger partial charge on any atom is -0.431 e. The number of amides is 1. The van der Waals surface area contributed by atoms with E-state index in [1.807, 2.05) is 63.2 Å². The van der Waals surface area contributed by atoms with Crippen LogP contribution in [-0.4, -0.2) is 16.1 Å². The Morgan fingerprint density at radius 3 is 2.79 bits per heavy atom. The molecule has 1 aromatic heterocycles. The number of hydrogen-bond donors (Lipinski definition) is 1. The molecule has 0 saturated carbocycles. The number of fused-ring (bicyclic) bond motifs is 1. The normalized spacial score (nSPS) is 12.3. The monoisotopic (exact) mass is 340 g/mol. The van der Waals surface area contributed by atoms with E-state index in [0.29, 0.717) is 11.6 Å². The topological polar surface area (TPSA) is 55.1 Å². The number of oxazole rings is 1. The maximum absolute atomic E-state index is 12.6. The molecule has 1 amide bonds. The summed E-state index contributed by atoms with van der Waals surface area (Å²) in [6.07, 6.45) is 0.695. The van der Waals surface area contributed by atoms with Gasteiger partial charge in [0.05, 0.1) is 5.25 Å². The molecule has 124 valence electrons. The zero-order valence-corrected chi connectivity index (χ0v) is 14.8. The maximum Gasteiger partial charge on any atom is 0.257 e. The van der Waals surface area contributed by atoms with Crippen LogP contribution >= 0.6 is 11.8 Å². The number of anilines is 1. The largest absolute Gasteiger partial charge is 0.431 e. The molecule has 2 aromatic carbocycles. The Labute approximate surface area is 145 Å². The first-order valence-corrected chi connectivity index (χ1v) is 8.85. The van der Waals surface area contributed by atoms with Crippen LogP contribution in [0.3, 0.4) is 0 Å². The number of nitrogens with one attached hydrogen (secondary N) is 1. The van der Waals surface area contributed by atoms with E-state index in [2.05, 4.69) is 10.3 Å². The summed E-state index contributed by atoms with van der Waals surface area (Å²) < 4.78 is 5.72. The van der Waals surface area contributed by atoms with Crippen LogP contribution in [0.5, 0.6) is 0 Å². The third-order valence-corrected chi connectivity index (χ3v) is 5.04. The summed E-state index contributed by atoms with van der Waals surface area (Å²) in [5, 5.41) is 3.30. The standard InChI is InChI=1S/C19H20N2O2S/c1-4-17(18(22)20-15-11-12(2)9-10-13(15)3)24-19-21-14-7-5-6-8-16(14)23-19/h5-11,17H,4H2,1-3H3,(H,20,22). The van der Waals surface area contributed by atoms with Gasteiger partial charge in [-0.3, -0.25) is 4.79 Å². The second-order valence-corrected chi connectivity index (χ2v) is 6.92. The highest BCUT2D eigenvalue weighted by molar-refractivity contribution is 8.00. The highest BCUT2D eigenvalue weighted by atomic mass is 32.2. The number of rotatable bonds is 5. The predicted molar refractivity (Wildman–Crippen MR) is 98.5 cm³/mol. The SMILES string of the molecule is CCC(Sc1nc2ccccc2o1)C(=O)Nc1cc(C)ccc1C. The highest BCUT2D eigenvalue weighted by Crippen LogP contribution is 2.29. The van der Waals surface area contributed by atoms with Gasteiger partial charge in [-0.15, -0.1) is 0 Å². The van der Waals surface area contributed by atoms with E-state index < -0.39 is 0 Å². The number of benzene rings is 2. The third kappa shape index (κ3) is 3.62. The Morgan fingerprint density at radius 1 is 1.25 bits per heavy atom. The number of carbonyl (C=O) groups is 1. The van der Waals surface area contributed by atoms with Crippen molar-refractivity contribution in [1.29, 1.82) is 0 Å². The van der Waals surface area contributed by atoms with Crippen molar-refractivity contribution in [3.8, 4) is 0 Å². The molecule has 5 heteroatoms. The van der Waals surface area contributed by atoms with Crippen LogP contribution in [0.4, 0.5) is 5.69 Å². The van der Waals surface area contributed by atoms with Crippen LogP contribution < -0.4 is 5.32 Å². The van der Waals surface area contributed by atoms with Crippen LogP contribution in [0.15, 0.2) is 52.1 Å². The van der Waals surface area contributed by atoms with Gasteiger partial charge in [0.25, 0.3) is 5.22 Å². The minimum atomic E-state index is -0.252. The number of aryl methyl sites for hydroxylation is 2. The van der Waals surface area contributed by atoms with E-state index in [0.717, 1.165) is 27.9 Å². The molecule has 0 spiro atoms. The van der Waals surface area contributed by atoms with E-state index in [1.54, 1.807) is 0 Å². The van der Waals surface area contributed by atoms with Crippen molar-refractivity contribution in [2.75, 3.05) is 5.32 Å². The average molecular weight is 340 g/mol. The molecule has 1 unspecified atom stereocenters. The van der Waals surface area contributed by atoms with Gasteiger partial charge in [0.1, 0.15) is 5.52 Å². The van der Waals surface area contributed by atoms with Gasteiger partial charge in [0, 0.05) is 5.69 Å². The molecule has 0 fully saturated rings. The first-order valence-electron chi connectivity index (χ1n) is 7.97. The summed E-state index contributed by atoms with van der Waals surface area (Å²) in [6, 6.07) is 13.7. The average Bonchev–Trinajstić information content (AvgIpc) is 2.98. The molecule has 0 radical (unpaired) electrons. The van der Waals surface area contributed by atoms with Crippen molar-refractivity contribution in [2.24, 2.45) is 0 Å². The molecule has 0 aliphatic heterocycles. The summed E-state index contributed by atoms with van der Waals surface area (Å²) in [5.41, 5.74) is 4.58. The predicted octanol–water partition coefficient (Wildman–Crippen LogP) is 4.95. The number of thioether (sulfide) groups is 1. The lowest BCUT2D eigenvalue weighted by Crippen LogP contribution is -2.25. The number of aromatic nitrogens is 1. The van der Waals surface area contributed by atoms with Gasteiger partial charge in [0.15, 0.2) is 5.58 Å².